The van der Waals surface area contributed by atoms with E-state index in [1.54, 1.807) is 0 Å². The number of nitrogens with zero attached hydrogens (tertiary/aromatic N) is 6. The summed E-state index contributed by atoms with van der Waals surface area (Å²) in [4.78, 5) is 21.5. The van der Waals surface area contributed by atoms with Gasteiger partial charge in [0.15, 0.2) is 22.8 Å². The van der Waals surface area contributed by atoms with Gasteiger partial charge < -0.3 is 20.0 Å². The summed E-state index contributed by atoms with van der Waals surface area (Å²) in [5, 5.41) is 20.7. The number of likely N-dealkylation sites (N-methyl/N-ethyl adjacent to an activating group) is 1. The van der Waals surface area contributed by atoms with Crippen LogP contribution in [0, 0.1) is 0 Å². The van der Waals surface area contributed by atoms with Gasteiger partial charge in [-0.25, -0.2) is 15.0 Å². The Hall–Kier alpha value is -3.00. The number of rotatable bonds is 2. The highest BCUT2D eigenvalue weighted by Gasteiger charge is 2.22. The molecule has 0 unspecified atom stereocenters. The zero-order valence-corrected chi connectivity index (χ0v) is 17.2. The number of fused-ring (bicyclic) bond motifs is 1. The molecule has 0 spiro atoms. The Labute approximate surface area is 169 Å². The third-order valence-corrected chi connectivity index (χ3v) is 5.29. The molecule has 1 saturated heterocycles. The number of hydrogen-bond donors (Lipinski definition) is 2. The summed E-state index contributed by atoms with van der Waals surface area (Å²) in [6.45, 7) is 9.69. The maximum Gasteiger partial charge on any atom is 0.256 e. The Balaban J connectivity index is 1.74. The molecule has 2 aromatic heterocycles. The summed E-state index contributed by atoms with van der Waals surface area (Å²) in [5.74, 6) is 0.248. The lowest BCUT2D eigenvalue weighted by Crippen LogP contribution is -2.44. The topological polar surface area (TPSA) is 98.5 Å². The van der Waals surface area contributed by atoms with Gasteiger partial charge in [-0.3, -0.25) is 0 Å². The molecule has 0 atom stereocenters. The van der Waals surface area contributed by atoms with Crippen LogP contribution in [0.5, 0.6) is 11.8 Å². The molecule has 2 N–H and O–H groups in total. The van der Waals surface area contributed by atoms with E-state index in [0.717, 1.165) is 31.7 Å². The quantitative estimate of drug-likeness (QED) is 0.684. The molecule has 8 nitrogen and oxygen atoms in total. The zero-order valence-electron chi connectivity index (χ0n) is 17.2. The van der Waals surface area contributed by atoms with Gasteiger partial charge in [-0.15, -0.1) is 0 Å². The Morgan fingerprint density at radius 2 is 1.48 bits per heavy atom. The first kappa shape index (κ1) is 19.3. The highest BCUT2D eigenvalue weighted by atomic mass is 16.3. The molecule has 1 aliphatic heterocycles. The summed E-state index contributed by atoms with van der Waals surface area (Å²) >= 11 is 0. The third kappa shape index (κ3) is 3.80. The van der Waals surface area contributed by atoms with E-state index in [1.165, 1.54) is 5.56 Å². The first-order valence-corrected chi connectivity index (χ1v) is 9.74. The molecule has 0 radical (unpaired) electrons. The molecule has 0 bridgehead atoms. The fourth-order valence-electron chi connectivity index (χ4n) is 3.39. The van der Waals surface area contributed by atoms with Crippen LogP contribution in [0.2, 0.25) is 0 Å². The van der Waals surface area contributed by atoms with Crippen LogP contribution in [-0.4, -0.2) is 68.3 Å². The van der Waals surface area contributed by atoms with Crippen LogP contribution in [0.1, 0.15) is 26.3 Å². The number of aromatic hydroxyl groups is 2. The van der Waals surface area contributed by atoms with Crippen molar-refractivity contribution in [1.82, 2.24) is 24.8 Å². The molecule has 3 aromatic rings. The van der Waals surface area contributed by atoms with Crippen LogP contribution < -0.4 is 4.90 Å². The third-order valence-electron chi connectivity index (χ3n) is 5.29. The highest BCUT2D eigenvalue weighted by molar-refractivity contribution is 5.80. The maximum absolute atomic E-state index is 10.4. The average molecular weight is 394 g/mol. The SMILES string of the molecule is CN1CCN(c2nc3nc(-c4ccc(C(C)(C)C)cc4)nc(O)c3nc2O)CC1. The van der Waals surface area contributed by atoms with Gasteiger partial charge >= 0.3 is 0 Å². The molecule has 152 valence electrons. The minimum absolute atomic E-state index is 0.0470. The van der Waals surface area contributed by atoms with Gasteiger partial charge in [-0.2, -0.15) is 4.98 Å². The van der Waals surface area contributed by atoms with Gasteiger partial charge in [0.1, 0.15) is 0 Å². The first-order valence-electron chi connectivity index (χ1n) is 9.74. The lowest BCUT2D eigenvalue weighted by Gasteiger charge is -2.33. The normalized spacial score (nSPS) is 15.8. The predicted molar refractivity (Wildman–Crippen MR) is 112 cm³/mol. The van der Waals surface area contributed by atoms with E-state index in [4.69, 9.17) is 0 Å². The number of benzene rings is 1. The van der Waals surface area contributed by atoms with Crippen molar-refractivity contribution in [2.75, 3.05) is 38.1 Å². The second-order valence-corrected chi connectivity index (χ2v) is 8.53. The second kappa shape index (κ2) is 7.11. The first-order chi connectivity index (χ1) is 13.7. The predicted octanol–water partition coefficient (Wildman–Crippen LogP) is 2.55. The Morgan fingerprint density at radius 1 is 0.828 bits per heavy atom. The van der Waals surface area contributed by atoms with Gasteiger partial charge in [-0.05, 0) is 18.0 Å². The van der Waals surface area contributed by atoms with Crippen LogP contribution in [0.3, 0.4) is 0 Å². The Kier molecular flexibility index (Phi) is 4.74. The summed E-state index contributed by atoms with van der Waals surface area (Å²) in [6.07, 6.45) is 0. The number of piperazine rings is 1. The zero-order chi connectivity index (χ0) is 20.8. The van der Waals surface area contributed by atoms with Crippen LogP contribution in [0.15, 0.2) is 24.3 Å². The number of hydrogen-bond acceptors (Lipinski definition) is 8. The van der Waals surface area contributed by atoms with Crippen molar-refractivity contribution in [3.8, 4) is 23.1 Å². The summed E-state index contributed by atoms with van der Waals surface area (Å²) < 4.78 is 0. The molecular weight excluding hydrogens is 368 g/mol. The van der Waals surface area contributed by atoms with E-state index in [1.807, 2.05) is 29.2 Å². The smallest absolute Gasteiger partial charge is 0.256 e. The fraction of sp³-hybridized carbons (Fsp3) is 0.429. The largest absolute Gasteiger partial charge is 0.492 e. The standard InChI is InChI=1S/C21H26N6O2/c1-21(2,3)14-7-5-13(6-8-14)16-23-17-15(19(28)25-16)22-20(29)18(24-17)27-11-9-26(4)10-12-27/h5-8H,9-12H2,1-4H3,(H,22,29)(H,23,24,25,28). The van der Waals surface area contributed by atoms with Crippen LogP contribution >= 0.6 is 0 Å². The maximum atomic E-state index is 10.4. The van der Waals surface area contributed by atoms with Crippen LogP contribution in [0.4, 0.5) is 5.82 Å². The van der Waals surface area contributed by atoms with Crippen molar-refractivity contribution in [3.05, 3.63) is 29.8 Å². The van der Waals surface area contributed by atoms with Crippen LogP contribution in [0.25, 0.3) is 22.6 Å². The number of anilines is 1. The average Bonchev–Trinajstić information content (AvgIpc) is 2.68. The van der Waals surface area contributed by atoms with Crippen LogP contribution in [-0.2, 0) is 5.41 Å². The van der Waals surface area contributed by atoms with Crippen molar-refractivity contribution >= 4 is 17.0 Å². The van der Waals surface area contributed by atoms with Crippen molar-refractivity contribution < 1.29 is 10.2 Å². The molecule has 0 aliphatic carbocycles. The molecule has 0 saturated carbocycles. The van der Waals surface area contributed by atoms with Gasteiger partial charge in [0.2, 0.25) is 5.88 Å². The van der Waals surface area contributed by atoms with Gasteiger partial charge in [-0.1, -0.05) is 45.0 Å². The van der Waals surface area contributed by atoms with E-state index < -0.39 is 0 Å². The van der Waals surface area contributed by atoms with Gasteiger partial charge in [0, 0.05) is 31.7 Å². The monoisotopic (exact) mass is 394 g/mol. The van der Waals surface area contributed by atoms with E-state index in [-0.39, 0.29) is 28.3 Å². The molecule has 1 aliphatic rings. The van der Waals surface area contributed by atoms with E-state index in [0.29, 0.717) is 11.6 Å². The van der Waals surface area contributed by atoms with Crippen molar-refractivity contribution in [3.63, 3.8) is 0 Å². The minimum atomic E-state index is -0.294. The molecule has 8 heteroatoms. The van der Waals surface area contributed by atoms with Crippen molar-refractivity contribution in [2.24, 2.45) is 0 Å². The summed E-state index contributed by atoms with van der Waals surface area (Å²) in [6, 6.07) is 7.96. The van der Waals surface area contributed by atoms with Crippen molar-refractivity contribution in [1.29, 1.82) is 0 Å². The lowest BCUT2D eigenvalue weighted by molar-refractivity contribution is 0.310. The fourth-order valence-corrected chi connectivity index (χ4v) is 3.39. The van der Waals surface area contributed by atoms with E-state index in [9.17, 15) is 10.2 Å². The number of aromatic nitrogens is 4. The summed E-state index contributed by atoms with van der Waals surface area (Å²) in [7, 11) is 2.06. The van der Waals surface area contributed by atoms with Gasteiger partial charge in [0.05, 0.1) is 0 Å². The summed E-state index contributed by atoms with van der Waals surface area (Å²) in [5.41, 5.74) is 2.39. The Morgan fingerprint density at radius 3 is 2.10 bits per heavy atom. The minimum Gasteiger partial charge on any atom is -0.492 e. The molecule has 3 heterocycles. The molecule has 1 fully saturated rings. The van der Waals surface area contributed by atoms with Crippen molar-refractivity contribution in [2.45, 2.75) is 26.2 Å². The highest BCUT2D eigenvalue weighted by Crippen LogP contribution is 2.31. The van der Waals surface area contributed by atoms with E-state index >= 15 is 0 Å². The lowest BCUT2D eigenvalue weighted by atomic mass is 9.87. The Bertz CT molecular complexity index is 1040. The second-order valence-electron chi connectivity index (χ2n) is 8.53. The molecule has 1 aromatic carbocycles. The molecular formula is C21H26N6O2. The molecule has 0 amide bonds. The molecule has 4 rings (SSSR count). The van der Waals surface area contributed by atoms with Gasteiger partial charge in [0.25, 0.3) is 5.88 Å². The molecule has 29 heavy (non-hydrogen) atoms. The van der Waals surface area contributed by atoms with E-state index in [2.05, 4.69) is 52.7 Å².